The highest BCUT2D eigenvalue weighted by Gasteiger charge is 1.92. The summed E-state index contributed by atoms with van der Waals surface area (Å²) in [6, 6.07) is 7.17. The van der Waals surface area contributed by atoms with Gasteiger partial charge in [0.1, 0.15) is 11.8 Å². The predicted molar refractivity (Wildman–Crippen MR) is 56.7 cm³/mol. The van der Waals surface area contributed by atoms with Crippen LogP contribution in [-0.4, -0.2) is 17.4 Å². The smallest absolute Gasteiger partial charge is 0.217 e. The summed E-state index contributed by atoms with van der Waals surface area (Å²) in [7, 11) is 0. The first-order valence-electron chi connectivity index (χ1n) is 4.50. The van der Waals surface area contributed by atoms with Crippen molar-refractivity contribution in [2.45, 2.75) is 6.92 Å². The number of hydrogen-bond donors (Lipinski definition) is 1. The monoisotopic (exact) mass is 201 g/mol. The van der Waals surface area contributed by atoms with E-state index in [-0.39, 0.29) is 5.91 Å². The average Bonchev–Trinajstić information content (AvgIpc) is 2.24. The topological polar surface area (TPSA) is 65.8 Å². The van der Waals surface area contributed by atoms with E-state index >= 15 is 0 Å². The second-order valence-corrected chi connectivity index (χ2v) is 2.90. The van der Waals surface area contributed by atoms with Crippen LogP contribution < -0.4 is 5.32 Å². The minimum Gasteiger partial charge on any atom is -0.353 e. The fraction of sp³-hybridized carbons (Fsp3) is 0.182. The Kier molecular flexibility index (Phi) is 4.05. The molecule has 76 valence electrons. The predicted octanol–water partition coefficient (Wildman–Crippen LogP) is 1.10. The highest BCUT2D eigenvalue weighted by molar-refractivity contribution is 5.73. The fourth-order valence-electron chi connectivity index (χ4n) is 0.989. The lowest BCUT2D eigenvalue weighted by Gasteiger charge is -1.95. The van der Waals surface area contributed by atoms with Gasteiger partial charge < -0.3 is 5.32 Å². The molecule has 1 aromatic heterocycles. The van der Waals surface area contributed by atoms with Crippen molar-refractivity contribution in [2.24, 2.45) is 0 Å². The van der Waals surface area contributed by atoms with Gasteiger partial charge in [0, 0.05) is 13.5 Å². The Morgan fingerprint density at radius 2 is 2.47 bits per heavy atom. The van der Waals surface area contributed by atoms with Crippen LogP contribution in [0.5, 0.6) is 0 Å². The van der Waals surface area contributed by atoms with Crippen molar-refractivity contribution in [2.75, 3.05) is 6.54 Å². The molecule has 1 N–H and O–H groups in total. The number of pyridine rings is 1. The van der Waals surface area contributed by atoms with Crippen LogP contribution in [0, 0.1) is 11.3 Å². The highest BCUT2D eigenvalue weighted by atomic mass is 16.1. The summed E-state index contributed by atoms with van der Waals surface area (Å²) in [5, 5.41) is 11.2. The van der Waals surface area contributed by atoms with Gasteiger partial charge in [-0.15, -0.1) is 0 Å². The maximum atomic E-state index is 10.6. The Balaban J connectivity index is 2.57. The van der Waals surface area contributed by atoms with E-state index in [1.807, 2.05) is 6.07 Å². The molecule has 0 aliphatic rings. The number of carbonyl (C=O) groups excluding carboxylic acids is 1. The molecule has 4 heteroatoms. The number of nitrogens with zero attached hydrogens (tertiary/aromatic N) is 2. The normalized spacial score (nSPS) is 9.87. The van der Waals surface area contributed by atoms with Crippen molar-refractivity contribution in [3.8, 4) is 6.07 Å². The second-order valence-electron chi connectivity index (χ2n) is 2.90. The number of amides is 1. The van der Waals surface area contributed by atoms with Gasteiger partial charge in [0.15, 0.2) is 0 Å². The number of rotatable bonds is 3. The van der Waals surface area contributed by atoms with Crippen LogP contribution in [0.2, 0.25) is 0 Å². The van der Waals surface area contributed by atoms with Gasteiger partial charge in [-0.05, 0) is 18.2 Å². The summed E-state index contributed by atoms with van der Waals surface area (Å²) in [6.07, 6.45) is 3.54. The van der Waals surface area contributed by atoms with Gasteiger partial charge in [0.25, 0.3) is 0 Å². The summed E-state index contributed by atoms with van der Waals surface area (Å²) >= 11 is 0. The van der Waals surface area contributed by atoms with Gasteiger partial charge in [-0.2, -0.15) is 5.26 Å². The van der Waals surface area contributed by atoms with E-state index < -0.39 is 0 Å². The van der Waals surface area contributed by atoms with Crippen molar-refractivity contribution >= 4 is 12.0 Å². The third-order valence-electron chi connectivity index (χ3n) is 1.64. The molecule has 0 radical (unpaired) electrons. The van der Waals surface area contributed by atoms with E-state index in [0.717, 1.165) is 0 Å². The summed E-state index contributed by atoms with van der Waals surface area (Å²) in [4.78, 5) is 14.6. The van der Waals surface area contributed by atoms with E-state index in [1.54, 1.807) is 30.4 Å². The first kappa shape index (κ1) is 10.9. The van der Waals surface area contributed by atoms with Crippen LogP contribution >= 0.6 is 0 Å². The zero-order chi connectivity index (χ0) is 11.1. The maximum Gasteiger partial charge on any atom is 0.217 e. The molecule has 0 atom stereocenters. The lowest BCUT2D eigenvalue weighted by molar-refractivity contribution is -0.118. The zero-order valence-electron chi connectivity index (χ0n) is 8.40. The van der Waals surface area contributed by atoms with E-state index in [2.05, 4.69) is 10.3 Å². The molecule has 0 unspecified atom stereocenters. The number of aromatic nitrogens is 1. The molecule has 0 fully saturated rings. The summed E-state index contributed by atoms with van der Waals surface area (Å²) in [6.45, 7) is 1.93. The molecular formula is C11H11N3O. The number of nitrogens with one attached hydrogen (secondary N) is 1. The van der Waals surface area contributed by atoms with Crippen molar-refractivity contribution in [1.82, 2.24) is 10.3 Å². The molecule has 0 saturated heterocycles. The quantitative estimate of drug-likeness (QED) is 0.796. The molecule has 0 spiro atoms. The molecule has 0 saturated carbocycles. The van der Waals surface area contributed by atoms with E-state index in [4.69, 9.17) is 5.26 Å². The van der Waals surface area contributed by atoms with Crippen LogP contribution in [0.1, 0.15) is 18.3 Å². The van der Waals surface area contributed by atoms with Crippen molar-refractivity contribution in [1.29, 1.82) is 5.26 Å². The van der Waals surface area contributed by atoms with Crippen LogP contribution in [0.4, 0.5) is 0 Å². The fourth-order valence-corrected chi connectivity index (χ4v) is 0.989. The van der Waals surface area contributed by atoms with Gasteiger partial charge in [-0.25, -0.2) is 4.98 Å². The summed E-state index contributed by atoms with van der Waals surface area (Å²) < 4.78 is 0. The molecule has 0 bridgehead atoms. The molecule has 0 aliphatic heterocycles. The van der Waals surface area contributed by atoms with Crippen LogP contribution in [0.15, 0.2) is 24.3 Å². The minimum absolute atomic E-state index is 0.0709. The molecule has 1 rings (SSSR count). The molecule has 0 aliphatic carbocycles. The van der Waals surface area contributed by atoms with Gasteiger partial charge >= 0.3 is 0 Å². The van der Waals surface area contributed by atoms with Crippen molar-refractivity contribution in [3.05, 3.63) is 35.7 Å². The third-order valence-corrected chi connectivity index (χ3v) is 1.64. The van der Waals surface area contributed by atoms with Gasteiger partial charge in [0.2, 0.25) is 5.91 Å². The first-order valence-corrected chi connectivity index (χ1v) is 4.50. The maximum absolute atomic E-state index is 10.6. The number of nitriles is 1. The van der Waals surface area contributed by atoms with Crippen LogP contribution in [0.25, 0.3) is 6.08 Å². The lowest BCUT2D eigenvalue weighted by atomic mass is 10.3. The van der Waals surface area contributed by atoms with Gasteiger partial charge in [0.05, 0.1) is 5.69 Å². The second kappa shape index (κ2) is 5.55. The van der Waals surface area contributed by atoms with Crippen molar-refractivity contribution in [3.63, 3.8) is 0 Å². The Morgan fingerprint density at radius 1 is 1.67 bits per heavy atom. The molecule has 1 amide bonds. The molecular weight excluding hydrogens is 190 g/mol. The number of hydrogen-bond acceptors (Lipinski definition) is 3. The van der Waals surface area contributed by atoms with Gasteiger partial charge in [-0.1, -0.05) is 12.1 Å². The number of carbonyl (C=O) groups is 1. The van der Waals surface area contributed by atoms with E-state index in [1.165, 1.54) is 6.92 Å². The minimum atomic E-state index is -0.0709. The van der Waals surface area contributed by atoms with Crippen molar-refractivity contribution < 1.29 is 4.79 Å². The van der Waals surface area contributed by atoms with Crippen LogP contribution in [-0.2, 0) is 4.79 Å². The average molecular weight is 201 g/mol. The molecule has 4 nitrogen and oxygen atoms in total. The van der Waals surface area contributed by atoms with Gasteiger partial charge in [-0.3, -0.25) is 4.79 Å². The molecule has 1 heterocycles. The zero-order valence-corrected chi connectivity index (χ0v) is 8.40. The largest absolute Gasteiger partial charge is 0.353 e. The lowest BCUT2D eigenvalue weighted by Crippen LogP contribution is -2.19. The van der Waals surface area contributed by atoms with Crippen LogP contribution in [0.3, 0.4) is 0 Å². The highest BCUT2D eigenvalue weighted by Crippen LogP contribution is 1.99. The Hall–Kier alpha value is -2.15. The van der Waals surface area contributed by atoms with E-state index in [9.17, 15) is 4.79 Å². The molecule has 1 aromatic rings. The summed E-state index contributed by atoms with van der Waals surface area (Å²) in [5.74, 6) is -0.0709. The molecule has 0 aromatic carbocycles. The Morgan fingerprint density at radius 3 is 3.13 bits per heavy atom. The Labute approximate surface area is 88.3 Å². The Bertz CT molecular complexity index is 418. The third kappa shape index (κ3) is 4.05. The first-order chi connectivity index (χ1) is 7.22. The standard InChI is InChI=1S/C11H11N3O/c1-9(15)13-7-3-6-10-4-2-5-11(8-12)14-10/h2-6H,7H2,1H3,(H,13,15). The van der Waals surface area contributed by atoms with E-state index in [0.29, 0.717) is 17.9 Å². The molecule has 15 heavy (non-hydrogen) atoms. The SMILES string of the molecule is CC(=O)NCC=Cc1cccc(C#N)n1. The summed E-state index contributed by atoms with van der Waals surface area (Å²) in [5.41, 5.74) is 1.09.